The summed E-state index contributed by atoms with van der Waals surface area (Å²) < 4.78 is 0. The third kappa shape index (κ3) is 3.48. The molecule has 2 rings (SSSR count). The van der Waals surface area contributed by atoms with Crippen molar-refractivity contribution in [1.82, 2.24) is 0 Å². The van der Waals surface area contributed by atoms with E-state index < -0.39 is 0 Å². The summed E-state index contributed by atoms with van der Waals surface area (Å²) in [6.07, 6.45) is 0.586. The topological polar surface area (TPSA) is 55.2 Å². The fourth-order valence-electron chi connectivity index (χ4n) is 1.94. The maximum Gasteiger partial charge on any atom is 0.272 e. The van der Waals surface area contributed by atoms with Crippen LogP contribution in [0.3, 0.4) is 0 Å². The second-order valence-corrected chi connectivity index (χ2v) is 4.93. The number of rotatable bonds is 5. The number of hydrogen-bond donors (Lipinski definition) is 1. The van der Waals surface area contributed by atoms with Gasteiger partial charge in [-0.25, -0.2) is 0 Å². The highest BCUT2D eigenvalue weighted by atomic mass is 35.5. The molecule has 0 radical (unpaired) electrons. The van der Waals surface area contributed by atoms with Crippen molar-refractivity contribution in [3.8, 4) is 0 Å². The zero-order valence-electron chi connectivity index (χ0n) is 11.1. The summed E-state index contributed by atoms with van der Waals surface area (Å²) in [5, 5.41) is 14.8. The van der Waals surface area contributed by atoms with E-state index in [4.69, 9.17) is 11.6 Å². The van der Waals surface area contributed by atoms with Crippen LogP contribution in [0.15, 0.2) is 42.5 Å². The number of aryl methyl sites for hydroxylation is 1. The second-order valence-electron chi connectivity index (χ2n) is 4.53. The van der Waals surface area contributed by atoms with Gasteiger partial charge in [0.25, 0.3) is 5.69 Å². The Morgan fingerprint density at radius 2 is 2.00 bits per heavy atom. The van der Waals surface area contributed by atoms with Gasteiger partial charge in [0.15, 0.2) is 0 Å². The normalized spacial score (nSPS) is 10.3. The quantitative estimate of drug-likeness (QED) is 0.663. The van der Waals surface area contributed by atoms with E-state index in [0.29, 0.717) is 18.0 Å². The van der Waals surface area contributed by atoms with Crippen LogP contribution < -0.4 is 5.32 Å². The van der Waals surface area contributed by atoms with Crippen LogP contribution in [0.2, 0.25) is 5.02 Å². The maximum absolute atomic E-state index is 10.9. The molecule has 2 aromatic rings. The molecule has 0 fully saturated rings. The van der Waals surface area contributed by atoms with Gasteiger partial charge in [0.1, 0.15) is 0 Å². The predicted octanol–water partition coefficient (Wildman–Crippen LogP) is 4.21. The van der Waals surface area contributed by atoms with Crippen LogP contribution in [0.25, 0.3) is 0 Å². The first-order chi connectivity index (χ1) is 9.58. The van der Waals surface area contributed by atoms with Crippen molar-refractivity contribution in [1.29, 1.82) is 0 Å². The van der Waals surface area contributed by atoms with Crippen LogP contribution in [0.1, 0.15) is 11.1 Å². The summed E-state index contributed by atoms with van der Waals surface area (Å²) in [5.74, 6) is 0. The fourth-order valence-corrected chi connectivity index (χ4v) is 2.13. The fraction of sp³-hybridized carbons (Fsp3) is 0.200. The molecular weight excluding hydrogens is 276 g/mol. The molecular formula is C15H15ClN2O2. The standard InChI is InChI=1S/C15H15ClN2O2/c1-11-6-7-13(10-14(11)16)17-9-8-12-4-2-3-5-15(12)18(19)20/h2-7,10,17H,8-9H2,1H3. The summed E-state index contributed by atoms with van der Waals surface area (Å²) in [6, 6.07) is 12.5. The molecule has 0 saturated carbocycles. The Labute approximate surface area is 122 Å². The molecule has 2 aromatic carbocycles. The van der Waals surface area contributed by atoms with E-state index in [9.17, 15) is 10.1 Å². The summed E-state index contributed by atoms with van der Waals surface area (Å²) in [5.41, 5.74) is 2.83. The van der Waals surface area contributed by atoms with Crippen molar-refractivity contribution in [2.45, 2.75) is 13.3 Å². The maximum atomic E-state index is 10.9. The van der Waals surface area contributed by atoms with E-state index in [1.165, 1.54) is 6.07 Å². The largest absolute Gasteiger partial charge is 0.385 e. The van der Waals surface area contributed by atoms with Crippen LogP contribution in [0.4, 0.5) is 11.4 Å². The molecule has 0 heterocycles. The highest BCUT2D eigenvalue weighted by Crippen LogP contribution is 2.21. The molecule has 0 unspecified atom stereocenters. The number of benzene rings is 2. The second kappa shape index (κ2) is 6.39. The number of halogens is 1. The average Bonchev–Trinajstić information content (AvgIpc) is 2.43. The summed E-state index contributed by atoms with van der Waals surface area (Å²) in [7, 11) is 0. The number of nitro groups is 1. The van der Waals surface area contributed by atoms with Gasteiger partial charge in [0, 0.05) is 28.9 Å². The molecule has 0 saturated heterocycles. The lowest BCUT2D eigenvalue weighted by Crippen LogP contribution is -2.06. The van der Waals surface area contributed by atoms with Crippen LogP contribution in [0.5, 0.6) is 0 Å². The Bertz CT molecular complexity index is 629. The number of para-hydroxylation sites is 1. The molecule has 4 nitrogen and oxygen atoms in total. The summed E-state index contributed by atoms with van der Waals surface area (Å²) >= 11 is 6.05. The van der Waals surface area contributed by atoms with Crippen LogP contribution in [0, 0.1) is 17.0 Å². The molecule has 0 aromatic heterocycles. The van der Waals surface area contributed by atoms with Gasteiger partial charge in [0.2, 0.25) is 0 Å². The molecule has 0 bridgehead atoms. The van der Waals surface area contributed by atoms with Crippen molar-refractivity contribution < 1.29 is 4.92 Å². The van der Waals surface area contributed by atoms with Crippen molar-refractivity contribution >= 4 is 23.0 Å². The summed E-state index contributed by atoms with van der Waals surface area (Å²) in [4.78, 5) is 10.6. The lowest BCUT2D eigenvalue weighted by Gasteiger charge is -2.08. The van der Waals surface area contributed by atoms with Gasteiger partial charge in [0.05, 0.1) is 4.92 Å². The molecule has 20 heavy (non-hydrogen) atoms. The molecule has 0 amide bonds. The Balaban J connectivity index is 1.99. The van der Waals surface area contributed by atoms with E-state index in [0.717, 1.165) is 16.8 Å². The van der Waals surface area contributed by atoms with Gasteiger partial charge >= 0.3 is 0 Å². The Morgan fingerprint density at radius 3 is 2.70 bits per heavy atom. The number of nitrogens with zero attached hydrogens (tertiary/aromatic N) is 1. The van der Waals surface area contributed by atoms with Crippen molar-refractivity contribution in [3.63, 3.8) is 0 Å². The zero-order chi connectivity index (χ0) is 14.5. The molecule has 1 N–H and O–H groups in total. The molecule has 0 aliphatic carbocycles. The molecule has 104 valence electrons. The summed E-state index contributed by atoms with van der Waals surface area (Å²) in [6.45, 7) is 2.56. The monoisotopic (exact) mass is 290 g/mol. The van der Waals surface area contributed by atoms with Crippen molar-refractivity contribution in [2.75, 3.05) is 11.9 Å². The van der Waals surface area contributed by atoms with Crippen molar-refractivity contribution in [3.05, 3.63) is 68.7 Å². The molecule has 0 spiro atoms. The van der Waals surface area contributed by atoms with E-state index in [-0.39, 0.29) is 10.6 Å². The molecule has 0 atom stereocenters. The molecule has 0 aliphatic rings. The van der Waals surface area contributed by atoms with Gasteiger partial charge in [-0.15, -0.1) is 0 Å². The molecule has 5 heteroatoms. The Hall–Kier alpha value is -2.07. The number of nitro benzene ring substituents is 1. The van der Waals surface area contributed by atoms with E-state index in [2.05, 4.69) is 5.32 Å². The van der Waals surface area contributed by atoms with Gasteiger partial charge < -0.3 is 5.32 Å². The van der Waals surface area contributed by atoms with E-state index >= 15 is 0 Å². The minimum Gasteiger partial charge on any atom is -0.385 e. The number of anilines is 1. The number of nitrogens with one attached hydrogen (secondary N) is 1. The minimum absolute atomic E-state index is 0.163. The predicted molar refractivity (Wildman–Crippen MR) is 81.5 cm³/mol. The van der Waals surface area contributed by atoms with E-state index in [1.54, 1.807) is 12.1 Å². The smallest absolute Gasteiger partial charge is 0.272 e. The lowest BCUT2D eigenvalue weighted by atomic mass is 10.1. The first-order valence-corrected chi connectivity index (χ1v) is 6.68. The first kappa shape index (κ1) is 14.3. The lowest BCUT2D eigenvalue weighted by molar-refractivity contribution is -0.385. The third-order valence-corrected chi connectivity index (χ3v) is 3.49. The van der Waals surface area contributed by atoms with Gasteiger partial charge in [-0.05, 0) is 31.0 Å². The van der Waals surface area contributed by atoms with Crippen LogP contribution >= 0.6 is 11.6 Å². The Morgan fingerprint density at radius 1 is 1.25 bits per heavy atom. The van der Waals surface area contributed by atoms with E-state index in [1.807, 2.05) is 31.2 Å². The Kier molecular flexibility index (Phi) is 4.58. The van der Waals surface area contributed by atoms with Crippen molar-refractivity contribution in [2.24, 2.45) is 0 Å². The average molecular weight is 291 g/mol. The SMILES string of the molecule is Cc1ccc(NCCc2ccccc2[N+](=O)[O-])cc1Cl. The molecule has 0 aliphatic heterocycles. The first-order valence-electron chi connectivity index (χ1n) is 6.30. The number of hydrogen-bond acceptors (Lipinski definition) is 3. The van der Waals surface area contributed by atoms with Gasteiger partial charge in [-0.2, -0.15) is 0 Å². The van der Waals surface area contributed by atoms with Gasteiger partial charge in [-0.3, -0.25) is 10.1 Å². The third-order valence-electron chi connectivity index (χ3n) is 3.08. The minimum atomic E-state index is -0.349. The van der Waals surface area contributed by atoms with Gasteiger partial charge in [-0.1, -0.05) is 35.9 Å². The van der Waals surface area contributed by atoms with Crippen LogP contribution in [-0.2, 0) is 6.42 Å². The zero-order valence-corrected chi connectivity index (χ0v) is 11.9. The highest BCUT2D eigenvalue weighted by Gasteiger charge is 2.11. The van der Waals surface area contributed by atoms with Crippen LogP contribution in [-0.4, -0.2) is 11.5 Å². The highest BCUT2D eigenvalue weighted by molar-refractivity contribution is 6.31.